The quantitative estimate of drug-likeness (QED) is 0.237. The molecule has 0 spiro atoms. The Balaban J connectivity index is 2.05. The summed E-state index contributed by atoms with van der Waals surface area (Å²) in [4.78, 5) is 16.4. The average molecular weight is 533 g/mol. The number of phenolic OH excluding ortho intramolecular Hbond substituents is 1. The Kier molecular flexibility index (Phi) is 7.68. The van der Waals surface area contributed by atoms with Crippen molar-refractivity contribution in [3.05, 3.63) is 58.5 Å². The van der Waals surface area contributed by atoms with Crippen molar-refractivity contribution in [1.82, 2.24) is 0 Å². The maximum absolute atomic E-state index is 13.6. The molecule has 0 aliphatic rings. The van der Waals surface area contributed by atoms with Gasteiger partial charge in [-0.1, -0.05) is 12.1 Å². The molecule has 0 saturated heterocycles. The van der Waals surface area contributed by atoms with Crippen molar-refractivity contribution < 1.29 is 23.1 Å². The summed E-state index contributed by atoms with van der Waals surface area (Å²) in [6.07, 6.45) is 0.931. The number of rotatable bonds is 5. The van der Waals surface area contributed by atoms with Gasteiger partial charge in [-0.3, -0.25) is 0 Å². The van der Waals surface area contributed by atoms with Crippen molar-refractivity contribution in [1.29, 1.82) is 0 Å². The molecule has 1 heterocycles. The van der Waals surface area contributed by atoms with Gasteiger partial charge in [0, 0.05) is 0 Å². The Bertz CT molecular complexity index is 1390. The summed E-state index contributed by atoms with van der Waals surface area (Å²) in [6.45, 7) is 8.88. The lowest BCUT2D eigenvalue weighted by atomic mass is 9.95. The second-order valence-electron chi connectivity index (χ2n) is 8.93. The third kappa shape index (κ3) is 6.06. The number of carbonyl (C=O) groups is 1. The van der Waals surface area contributed by atoms with E-state index in [0.717, 1.165) is 33.6 Å². The summed E-state index contributed by atoms with van der Waals surface area (Å²) in [6, 6.07) is 11.4. The van der Waals surface area contributed by atoms with Crippen LogP contribution in [0.2, 0.25) is 0 Å². The first kappa shape index (κ1) is 26.8. The molecular formula is C25H28N2O5S3. The summed E-state index contributed by atoms with van der Waals surface area (Å²) in [5, 5.41) is 9.87. The van der Waals surface area contributed by atoms with E-state index in [1.807, 2.05) is 19.9 Å². The van der Waals surface area contributed by atoms with Gasteiger partial charge in [0.15, 0.2) is 0 Å². The molecule has 0 fully saturated rings. The predicted molar refractivity (Wildman–Crippen MR) is 142 cm³/mol. The van der Waals surface area contributed by atoms with Gasteiger partial charge < -0.3 is 15.6 Å². The molecule has 10 heteroatoms. The predicted octanol–water partition coefficient (Wildman–Crippen LogP) is 5.93. The van der Waals surface area contributed by atoms with E-state index in [4.69, 9.17) is 10.5 Å². The third-order valence-corrected chi connectivity index (χ3v) is 9.28. The SMILES string of the molecule is CSc1sc(C(N)=NC(=O)OC(C)(C)C)cc1S(=O)(=O)c1cccc(-c2c(C)cc(O)cc2C)c1. The molecule has 3 rings (SSSR count). The van der Waals surface area contributed by atoms with Crippen LogP contribution >= 0.6 is 23.1 Å². The highest BCUT2D eigenvalue weighted by Gasteiger charge is 2.26. The van der Waals surface area contributed by atoms with E-state index in [1.54, 1.807) is 57.4 Å². The number of phenols is 1. The monoisotopic (exact) mass is 532 g/mol. The fourth-order valence-corrected chi connectivity index (χ4v) is 7.54. The van der Waals surface area contributed by atoms with Crippen LogP contribution in [-0.2, 0) is 14.6 Å². The highest BCUT2D eigenvalue weighted by atomic mass is 32.2. The minimum absolute atomic E-state index is 0.101. The van der Waals surface area contributed by atoms with Gasteiger partial charge in [0.2, 0.25) is 9.84 Å². The Morgan fingerprint density at radius 3 is 2.31 bits per heavy atom. The number of ether oxygens (including phenoxy) is 1. The lowest BCUT2D eigenvalue weighted by molar-refractivity contribution is 0.0604. The van der Waals surface area contributed by atoms with Crippen LogP contribution in [0.1, 0.15) is 36.8 Å². The number of aryl methyl sites for hydroxylation is 2. The zero-order chi connectivity index (χ0) is 26.1. The Labute approximate surface area is 214 Å². The molecule has 3 aromatic rings. The number of amides is 1. The molecule has 0 saturated carbocycles. The number of nitrogens with zero attached hydrogens (tertiary/aromatic N) is 1. The normalized spacial score (nSPS) is 12.6. The van der Waals surface area contributed by atoms with Crippen LogP contribution in [0.5, 0.6) is 5.75 Å². The molecule has 2 aromatic carbocycles. The lowest BCUT2D eigenvalue weighted by Gasteiger charge is -2.17. The largest absolute Gasteiger partial charge is 0.508 e. The second-order valence-corrected chi connectivity index (χ2v) is 13.0. The maximum Gasteiger partial charge on any atom is 0.436 e. The van der Waals surface area contributed by atoms with Gasteiger partial charge in [-0.25, -0.2) is 13.2 Å². The number of hydrogen-bond donors (Lipinski definition) is 2. The summed E-state index contributed by atoms with van der Waals surface area (Å²) >= 11 is 2.42. The smallest absolute Gasteiger partial charge is 0.436 e. The molecule has 0 aliphatic heterocycles. The van der Waals surface area contributed by atoms with Gasteiger partial charge in [0.05, 0.1) is 18.9 Å². The number of aromatic hydroxyl groups is 1. The van der Waals surface area contributed by atoms with E-state index < -0.39 is 21.5 Å². The number of hydrogen-bond acceptors (Lipinski definition) is 7. The fraction of sp³-hybridized carbons (Fsp3) is 0.280. The Morgan fingerprint density at radius 2 is 1.74 bits per heavy atom. The molecule has 3 N–H and O–H groups in total. The van der Waals surface area contributed by atoms with Gasteiger partial charge in [-0.15, -0.1) is 23.1 Å². The minimum atomic E-state index is -3.90. The number of nitrogens with two attached hydrogens (primary N) is 1. The van der Waals surface area contributed by atoms with Crippen molar-refractivity contribution in [3.8, 4) is 16.9 Å². The third-order valence-electron chi connectivity index (χ3n) is 4.95. The van der Waals surface area contributed by atoms with E-state index in [0.29, 0.717) is 9.09 Å². The molecule has 0 bridgehead atoms. The van der Waals surface area contributed by atoms with E-state index in [1.165, 1.54) is 17.8 Å². The first-order valence-electron chi connectivity index (χ1n) is 10.6. The van der Waals surface area contributed by atoms with E-state index in [2.05, 4.69) is 4.99 Å². The summed E-state index contributed by atoms with van der Waals surface area (Å²) < 4.78 is 33.0. The Morgan fingerprint density at radius 1 is 1.11 bits per heavy atom. The average Bonchev–Trinajstić information content (AvgIpc) is 3.17. The van der Waals surface area contributed by atoms with Gasteiger partial charge in [-0.2, -0.15) is 4.99 Å². The summed E-state index contributed by atoms with van der Waals surface area (Å²) in [5.41, 5.74) is 8.56. The number of benzene rings is 2. The van der Waals surface area contributed by atoms with E-state index in [-0.39, 0.29) is 21.4 Å². The number of thioether (sulfide) groups is 1. The summed E-state index contributed by atoms with van der Waals surface area (Å²) in [5.74, 6) is 0.0543. The molecule has 0 radical (unpaired) electrons. The number of aliphatic imine (C=N–C) groups is 1. The first-order chi connectivity index (χ1) is 16.2. The van der Waals surface area contributed by atoms with Crippen LogP contribution in [0.4, 0.5) is 4.79 Å². The number of sulfone groups is 1. The van der Waals surface area contributed by atoms with Crippen LogP contribution in [0.3, 0.4) is 0 Å². The molecule has 1 aromatic heterocycles. The van der Waals surface area contributed by atoms with E-state index in [9.17, 15) is 18.3 Å². The van der Waals surface area contributed by atoms with Gasteiger partial charge in [0.1, 0.15) is 17.2 Å². The zero-order valence-corrected chi connectivity index (χ0v) is 22.8. The fourth-order valence-electron chi connectivity index (χ4n) is 3.59. The highest BCUT2D eigenvalue weighted by molar-refractivity contribution is 8.01. The Hall–Kier alpha value is -2.82. The molecule has 1 amide bonds. The number of carbonyl (C=O) groups excluding carboxylic acids is 1. The first-order valence-corrected chi connectivity index (χ1v) is 14.2. The summed E-state index contributed by atoms with van der Waals surface area (Å²) in [7, 11) is -3.90. The van der Waals surface area contributed by atoms with Crippen LogP contribution in [-0.4, -0.2) is 37.3 Å². The number of amidine groups is 1. The molecule has 0 atom stereocenters. The van der Waals surface area contributed by atoms with Crippen molar-refractivity contribution >= 4 is 44.9 Å². The molecule has 35 heavy (non-hydrogen) atoms. The minimum Gasteiger partial charge on any atom is -0.508 e. The highest BCUT2D eigenvalue weighted by Crippen LogP contribution is 2.38. The van der Waals surface area contributed by atoms with E-state index >= 15 is 0 Å². The molecular weight excluding hydrogens is 504 g/mol. The molecule has 0 unspecified atom stereocenters. The molecule has 186 valence electrons. The van der Waals surface area contributed by atoms with Crippen LogP contribution in [0.15, 0.2) is 61.5 Å². The maximum atomic E-state index is 13.6. The van der Waals surface area contributed by atoms with Gasteiger partial charge in [0.25, 0.3) is 0 Å². The van der Waals surface area contributed by atoms with Crippen molar-refractivity contribution in [3.63, 3.8) is 0 Å². The van der Waals surface area contributed by atoms with Gasteiger partial charge in [-0.05, 0) is 93.5 Å². The second kappa shape index (κ2) is 10.0. The van der Waals surface area contributed by atoms with Crippen molar-refractivity contribution in [2.45, 2.75) is 54.2 Å². The lowest BCUT2D eigenvalue weighted by Crippen LogP contribution is -2.24. The molecule has 7 nitrogen and oxygen atoms in total. The van der Waals surface area contributed by atoms with Crippen LogP contribution in [0, 0.1) is 13.8 Å². The zero-order valence-electron chi connectivity index (χ0n) is 20.4. The van der Waals surface area contributed by atoms with Crippen LogP contribution in [0.25, 0.3) is 11.1 Å². The van der Waals surface area contributed by atoms with Crippen molar-refractivity contribution in [2.75, 3.05) is 6.26 Å². The molecule has 0 aliphatic carbocycles. The van der Waals surface area contributed by atoms with Crippen molar-refractivity contribution in [2.24, 2.45) is 10.7 Å². The van der Waals surface area contributed by atoms with Gasteiger partial charge >= 0.3 is 6.09 Å². The standard InChI is InChI=1S/C25H28N2O5S3/c1-14-10-17(28)11-15(2)21(14)16-8-7-9-18(12-16)35(30,31)20-13-19(34-23(20)33-6)22(26)27-24(29)32-25(3,4)5/h7-13,28H,1-6H3,(H2,26,27,29). The topological polar surface area (TPSA) is 119 Å². The van der Waals surface area contributed by atoms with Crippen LogP contribution < -0.4 is 5.73 Å². The number of thiophene rings is 1.